The third kappa shape index (κ3) is 3.50. The molecule has 2 aliphatic heterocycles. The minimum absolute atomic E-state index is 0.0262. The highest BCUT2D eigenvalue weighted by Gasteiger charge is 2.32. The zero-order valence-electron chi connectivity index (χ0n) is 15.4. The first kappa shape index (κ1) is 17.7. The Kier molecular flexibility index (Phi) is 4.76. The highest BCUT2D eigenvalue weighted by molar-refractivity contribution is 7.13. The smallest absolute Gasteiger partial charge is 0.228 e. The number of nitrogens with one attached hydrogen (secondary N) is 1. The maximum atomic E-state index is 12.7. The average molecular weight is 395 g/mol. The van der Waals surface area contributed by atoms with E-state index in [1.54, 1.807) is 11.3 Å². The molecule has 0 bridgehead atoms. The summed E-state index contributed by atoms with van der Waals surface area (Å²) < 4.78 is 5.27. The maximum Gasteiger partial charge on any atom is 0.228 e. The molecule has 0 radical (unpaired) electrons. The summed E-state index contributed by atoms with van der Waals surface area (Å²) in [6.45, 7) is 3.56. The van der Waals surface area contributed by atoms with Crippen molar-refractivity contribution in [3.8, 4) is 10.4 Å². The molecule has 4 heterocycles. The molecular weight excluding hydrogens is 374 g/mol. The summed E-state index contributed by atoms with van der Waals surface area (Å²) in [5, 5.41) is 12.4. The molecule has 2 aromatic heterocycles. The molecular formula is C20H21N5O2S. The summed E-state index contributed by atoms with van der Waals surface area (Å²) in [6.07, 6.45) is 3.60. The van der Waals surface area contributed by atoms with Crippen molar-refractivity contribution in [2.24, 2.45) is 5.92 Å². The number of carbonyl (C=O) groups excluding carboxylic acids is 1. The van der Waals surface area contributed by atoms with Gasteiger partial charge in [-0.25, -0.2) is 0 Å². The molecule has 28 heavy (non-hydrogen) atoms. The van der Waals surface area contributed by atoms with Crippen molar-refractivity contribution in [2.45, 2.75) is 18.9 Å². The molecule has 144 valence electrons. The molecule has 3 aromatic rings. The Bertz CT molecular complexity index is 981. The van der Waals surface area contributed by atoms with Gasteiger partial charge in [0.05, 0.1) is 35.2 Å². The normalized spacial score (nSPS) is 18.9. The second kappa shape index (κ2) is 7.54. The fourth-order valence-electron chi connectivity index (χ4n) is 3.81. The van der Waals surface area contributed by atoms with E-state index >= 15 is 0 Å². The average Bonchev–Trinajstić information content (AvgIpc) is 3.21. The van der Waals surface area contributed by atoms with Gasteiger partial charge in [0.15, 0.2) is 5.82 Å². The van der Waals surface area contributed by atoms with Gasteiger partial charge in [0.1, 0.15) is 0 Å². The lowest BCUT2D eigenvalue weighted by Crippen LogP contribution is -2.52. The molecule has 1 amide bonds. The topological polar surface area (TPSA) is 80.2 Å². The molecule has 0 atom stereocenters. The quantitative estimate of drug-likeness (QED) is 0.732. The Hall–Kier alpha value is -2.42. The lowest BCUT2D eigenvalue weighted by atomic mass is 9.94. The number of nitrogens with zero attached hydrogens (tertiary/aromatic N) is 4. The van der Waals surface area contributed by atoms with Crippen LogP contribution in [0, 0.1) is 5.92 Å². The zero-order chi connectivity index (χ0) is 18.9. The van der Waals surface area contributed by atoms with Gasteiger partial charge in [-0.3, -0.25) is 14.7 Å². The van der Waals surface area contributed by atoms with Crippen LogP contribution in [0.3, 0.4) is 0 Å². The van der Waals surface area contributed by atoms with Crippen LogP contribution in [-0.4, -0.2) is 58.3 Å². The van der Waals surface area contributed by atoms with Crippen molar-refractivity contribution in [3.63, 3.8) is 0 Å². The van der Waals surface area contributed by atoms with Crippen LogP contribution in [0.4, 0.5) is 5.82 Å². The number of benzene rings is 1. The van der Waals surface area contributed by atoms with Gasteiger partial charge in [0, 0.05) is 17.5 Å². The first-order chi connectivity index (χ1) is 13.8. The molecule has 2 saturated heterocycles. The number of piperidine rings is 1. The van der Waals surface area contributed by atoms with Crippen molar-refractivity contribution < 1.29 is 9.53 Å². The van der Waals surface area contributed by atoms with Gasteiger partial charge in [-0.2, -0.15) is 0 Å². The summed E-state index contributed by atoms with van der Waals surface area (Å²) in [5.74, 6) is 0.573. The monoisotopic (exact) mass is 395 g/mol. The number of rotatable bonds is 4. The summed E-state index contributed by atoms with van der Waals surface area (Å²) in [4.78, 5) is 20.4. The molecule has 7 nitrogen and oxygen atoms in total. The van der Waals surface area contributed by atoms with Crippen molar-refractivity contribution in [3.05, 3.63) is 36.0 Å². The van der Waals surface area contributed by atoms with Gasteiger partial charge in [-0.15, -0.1) is 21.5 Å². The predicted octanol–water partition coefficient (Wildman–Crippen LogP) is 2.80. The first-order valence-corrected chi connectivity index (χ1v) is 10.4. The van der Waals surface area contributed by atoms with Gasteiger partial charge in [-0.05, 0) is 49.7 Å². The third-order valence-corrected chi connectivity index (χ3v) is 6.41. The fraction of sp³-hybridized carbons (Fsp3) is 0.400. The highest BCUT2D eigenvalue weighted by Crippen LogP contribution is 2.27. The molecule has 0 saturated carbocycles. The van der Waals surface area contributed by atoms with Gasteiger partial charge in [-0.1, -0.05) is 6.07 Å². The van der Waals surface area contributed by atoms with Crippen LogP contribution in [0.25, 0.3) is 21.3 Å². The van der Waals surface area contributed by atoms with Crippen LogP contribution in [0.1, 0.15) is 12.8 Å². The number of amides is 1. The molecule has 8 heteroatoms. The van der Waals surface area contributed by atoms with Gasteiger partial charge < -0.3 is 10.1 Å². The SMILES string of the molecule is O=C(Nc1cc2cc(-c3cncs3)ccc2nn1)C1CCN(C2COC2)CC1. The van der Waals surface area contributed by atoms with E-state index in [2.05, 4.69) is 31.5 Å². The number of anilines is 1. The molecule has 1 aromatic carbocycles. The molecule has 2 aliphatic rings. The van der Waals surface area contributed by atoms with E-state index in [0.29, 0.717) is 11.9 Å². The van der Waals surface area contributed by atoms with Crippen LogP contribution in [0.5, 0.6) is 0 Å². The molecule has 0 unspecified atom stereocenters. The minimum Gasteiger partial charge on any atom is -0.378 e. The van der Waals surface area contributed by atoms with Crippen LogP contribution < -0.4 is 5.32 Å². The number of hydrogen-bond acceptors (Lipinski definition) is 7. The van der Waals surface area contributed by atoms with Crippen molar-refractivity contribution in [1.29, 1.82) is 0 Å². The van der Waals surface area contributed by atoms with E-state index in [-0.39, 0.29) is 11.8 Å². The Balaban J connectivity index is 1.27. The number of likely N-dealkylation sites (tertiary alicyclic amines) is 1. The molecule has 2 fully saturated rings. The highest BCUT2D eigenvalue weighted by atomic mass is 32.1. The Morgan fingerprint density at radius 2 is 2.04 bits per heavy atom. The van der Waals surface area contributed by atoms with Gasteiger partial charge in [0.25, 0.3) is 0 Å². The van der Waals surface area contributed by atoms with E-state index in [0.717, 1.165) is 60.5 Å². The van der Waals surface area contributed by atoms with E-state index < -0.39 is 0 Å². The lowest BCUT2D eigenvalue weighted by molar-refractivity contribution is -0.123. The van der Waals surface area contributed by atoms with E-state index in [9.17, 15) is 4.79 Å². The Morgan fingerprint density at radius 3 is 2.75 bits per heavy atom. The van der Waals surface area contributed by atoms with Crippen molar-refractivity contribution in [1.82, 2.24) is 20.1 Å². The largest absolute Gasteiger partial charge is 0.378 e. The lowest BCUT2D eigenvalue weighted by Gasteiger charge is -2.41. The molecule has 5 rings (SSSR count). The van der Waals surface area contributed by atoms with Gasteiger partial charge in [0.2, 0.25) is 5.91 Å². The van der Waals surface area contributed by atoms with Gasteiger partial charge >= 0.3 is 0 Å². The van der Waals surface area contributed by atoms with E-state index in [4.69, 9.17) is 4.74 Å². The Labute approximate surface area is 166 Å². The Morgan fingerprint density at radius 1 is 1.18 bits per heavy atom. The van der Waals surface area contributed by atoms with Crippen LogP contribution >= 0.6 is 11.3 Å². The maximum absolute atomic E-state index is 12.7. The van der Waals surface area contributed by atoms with E-state index in [1.807, 2.05) is 29.9 Å². The zero-order valence-corrected chi connectivity index (χ0v) is 16.2. The molecule has 0 aliphatic carbocycles. The van der Waals surface area contributed by atoms with Crippen molar-refractivity contribution >= 4 is 34.0 Å². The van der Waals surface area contributed by atoms with Crippen LogP contribution in [0.2, 0.25) is 0 Å². The molecule has 0 spiro atoms. The second-order valence-corrected chi connectivity index (χ2v) is 8.25. The number of thiazole rings is 1. The second-order valence-electron chi connectivity index (χ2n) is 7.36. The molecule has 1 N–H and O–H groups in total. The standard InChI is InChI=1S/C20H21N5O2S/c26-20(13-3-5-25(6-4-13)16-10-27-11-16)22-19-8-15-7-14(18-9-21-12-28-18)1-2-17(15)23-24-19/h1-2,7-9,12-13,16H,3-6,10-11H2,(H,22,24,26). The predicted molar refractivity (Wildman–Crippen MR) is 108 cm³/mol. The summed E-state index contributed by atoms with van der Waals surface area (Å²) >= 11 is 1.60. The first-order valence-electron chi connectivity index (χ1n) is 9.55. The van der Waals surface area contributed by atoms with Crippen LogP contribution in [0.15, 0.2) is 36.0 Å². The fourth-order valence-corrected chi connectivity index (χ4v) is 4.43. The number of aromatic nitrogens is 3. The van der Waals surface area contributed by atoms with E-state index in [1.165, 1.54) is 0 Å². The number of ether oxygens (including phenoxy) is 1. The minimum atomic E-state index is 0.0262. The number of hydrogen-bond donors (Lipinski definition) is 1. The number of carbonyl (C=O) groups is 1. The number of fused-ring (bicyclic) bond motifs is 1. The van der Waals surface area contributed by atoms with Crippen molar-refractivity contribution in [2.75, 3.05) is 31.6 Å². The third-order valence-electron chi connectivity index (χ3n) is 5.59. The summed E-state index contributed by atoms with van der Waals surface area (Å²) in [6, 6.07) is 8.47. The van der Waals surface area contributed by atoms with Crippen LogP contribution in [-0.2, 0) is 9.53 Å². The summed E-state index contributed by atoms with van der Waals surface area (Å²) in [5.41, 5.74) is 3.72. The summed E-state index contributed by atoms with van der Waals surface area (Å²) in [7, 11) is 0.